The van der Waals surface area contributed by atoms with Crippen LogP contribution in [0.3, 0.4) is 0 Å². The van der Waals surface area contributed by atoms with Crippen molar-refractivity contribution in [2.75, 3.05) is 18.2 Å². The summed E-state index contributed by atoms with van der Waals surface area (Å²) in [5.41, 5.74) is 7.32. The minimum absolute atomic E-state index is 0.00671. The number of halogens is 3. The molecule has 0 atom stereocenters. The molecule has 0 aromatic heterocycles. The molecule has 0 aliphatic rings. The molecule has 19 heavy (non-hydrogen) atoms. The fourth-order valence-electron chi connectivity index (χ4n) is 1.54. The summed E-state index contributed by atoms with van der Waals surface area (Å²) in [6, 6.07) is 8.03. The zero-order valence-corrected chi connectivity index (χ0v) is 12.3. The van der Waals surface area contributed by atoms with Gasteiger partial charge in [0.2, 0.25) is 0 Å². The molecule has 0 saturated heterocycles. The summed E-state index contributed by atoms with van der Waals surface area (Å²) < 4.78 is 19.4. The molecular formula is C13H11BrClFN2O. The SMILES string of the molecule is COc1ccc(Br)c(Nc2cc(F)c(Cl)cc2N)c1. The van der Waals surface area contributed by atoms with E-state index in [0.29, 0.717) is 22.8 Å². The Morgan fingerprint density at radius 3 is 2.68 bits per heavy atom. The Balaban J connectivity index is 2.38. The van der Waals surface area contributed by atoms with Gasteiger partial charge in [-0.25, -0.2) is 4.39 Å². The minimum atomic E-state index is -0.530. The Hall–Kier alpha value is -1.46. The quantitative estimate of drug-likeness (QED) is 0.801. The Morgan fingerprint density at radius 2 is 2.00 bits per heavy atom. The Kier molecular flexibility index (Phi) is 4.17. The molecule has 2 aromatic carbocycles. The lowest BCUT2D eigenvalue weighted by atomic mass is 10.2. The van der Waals surface area contributed by atoms with Gasteiger partial charge in [0.25, 0.3) is 0 Å². The van der Waals surface area contributed by atoms with Gasteiger partial charge < -0.3 is 15.8 Å². The van der Waals surface area contributed by atoms with Gasteiger partial charge in [0, 0.05) is 16.6 Å². The summed E-state index contributed by atoms with van der Waals surface area (Å²) in [4.78, 5) is 0. The topological polar surface area (TPSA) is 47.3 Å². The van der Waals surface area contributed by atoms with E-state index in [4.69, 9.17) is 22.1 Å². The molecule has 0 saturated carbocycles. The largest absolute Gasteiger partial charge is 0.497 e. The number of rotatable bonds is 3. The molecular weight excluding hydrogens is 335 g/mol. The highest BCUT2D eigenvalue weighted by Crippen LogP contribution is 2.33. The van der Waals surface area contributed by atoms with Crippen molar-refractivity contribution < 1.29 is 9.13 Å². The molecule has 0 heterocycles. The standard InChI is InChI=1S/C13H11BrClFN2O/c1-19-7-2-3-8(14)12(4-7)18-13-6-10(16)9(15)5-11(13)17/h2-6,18H,17H2,1H3. The van der Waals surface area contributed by atoms with E-state index < -0.39 is 5.82 Å². The predicted octanol–water partition coefficient (Wildman–Crippen LogP) is 4.58. The van der Waals surface area contributed by atoms with Crippen molar-refractivity contribution in [3.63, 3.8) is 0 Å². The third-order valence-corrected chi connectivity index (χ3v) is 3.52. The van der Waals surface area contributed by atoms with Crippen LogP contribution in [0.15, 0.2) is 34.8 Å². The normalized spacial score (nSPS) is 10.3. The lowest BCUT2D eigenvalue weighted by molar-refractivity contribution is 0.415. The molecule has 0 radical (unpaired) electrons. The van der Waals surface area contributed by atoms with Gasteiger partial charge in [-0.15, -0.1) is 0 Å². The second-order valence-electron chi connectivity index (χ2n) is 3.82. The molecule has 0 bridgehead atoms. The van der Waals surface area contributed by atoms with Crippen molar-refractivity contribution >= 4 is 44.6 Å². The van der Waals surface area contributed by atoms with E-state index in [-0.39, 0.29) is 5.02 Å². The maximum atomic E-state index is 13.4. The minimum Gasteiger partial charge on any atom is -0.497 e. The first-order valence-electron chi connectivity index (χ1n) is 5.36. The highest BCUT2D eigenvalue weighted by atomic mass is 79.9. The molecule has 2 aromatic rings. The zero-order valence-electron chi connectivity index (χ0n) is 10.0. The van der Waals surface area contributed by atoms with E-state index in [1.54, 1.807) is 19.2 Å². The van der Waals surface area contributed by atoms with E-state index in [1.165, 1.54) is 12.1 Å². The maximum Gasteiger partial charge on any atom is 0.144 e. The summed E-state index contributed by atoms with van der Waals surface area (Å²) in [6.07, 6.45) is 0. The van der Waals surface area contributed by atoms with Gasteiger partial charge in [-0.1, -0.05) is 11.6 Å². The fraction of sp³-hybridized carbons (Fsp3) is 0.0769. The lowest BCUT2D eigenvalue weighted by Gasteiger charge is -2.13. The summed E-state index contributed by atoms with van der Waals surface area (Å²) >= 11 is 9.05. The number of hydrogen-bond acceptors (Lipinski definition) is 3. The molecule has 0 fully saturated rings. The summed E-state index contributed by atoms with van der Waals surface area (Å²) in [7, 11) is 1.57. The van der Waals surface area contributed by atoms with Gasteiger partial charge in [-0.3, -0.25) is 0 Å². The van der Waals surface area contributed by atoms with Gasteiger partial charge in [-0.2, -0.15) is 0 Å². The van der Waals surface area contributed by atoms with Crippen LogP contribution in [0.1, 0.15) is 0 Å². The molecule has 3 nitrogen and oxygen atoms in total. The number of nitrogen functional groups attached to an aromatic ring is 1. The summed E-state index contributed by atoms with van der Waals surface area (Å²) in [6.45, 7) is 0. The van der Waals surface area contributed by atoms with E-state index in [1.807, 2.05) is 6.07 Å². The van der Waals surface area contributed by atoms with Gasteiger partial charge in [0.1, 0.15) is 11.6 Å². The average molecular weight is 346 g/mol. The predicted molar refractivity (Wildman–Crippen MR) is 79.8 cm³/mol. The fourth-order valence-corrected chi connectivity index (χ4v) is 2.06. The van der Waals surface area contributed by atoms with E-state index in [0.717, 1.165) is 4.47 Å². The van der Waals surface area contributed by atoms with E-state index in [9.17, 15) is 4.39 Å². The van der Waals surface area contributed by atoms with Crippen LogP contribution in [0.5, 0.6) is 5.75 Å². The highest BCUT2D eigenvalue weighted by Gasteiger charge is 2.09. The van der Waals surface area contributed by atoms with E-state index in [2.05, 4.69) is 21.2 Å². The number of ether oxygens (including phenoxy) is 1. The van der Waals surface area contributed by atoms with Crippen LogP contribution in [0, 0.1) is 5.82 Å². The van der Waals surface area contributed by atoms with Gasteiger partial charge >= 0.3 is 0 Å². The molecule has 0 amide bonds. The van der Waals surface area contributed by atoms with Crippen LogP contribution >= 0.6 is 27.5 Å². The van der Waals surface area contributed by atoms with Crippen LogP contribution in [0.25, 0.3) is 0 Å². The zero-order chi connectivity index (χ0) is 14.0. The van der Waals surface area contributed by atoms with E-state index >= 15 is 0 Å². The molecule has 0 aliphatic heterocycles. The smallest absolute Gasteiger partial charge is 0.144 e. The monoisotopic (exact) mass is 344 g/mol. The number of methoxy groups -OCH3 is 1. The van der Waals surface area contributed by atoms with Gasteiger partial charge in [-0.05, 0) is 34.1 Å². The third kappa shape index (κ3) is 3.11. The van der Waals surface area contributed by atoms with Crippen molar-refractivity contribution in [1.82, 2.24) is 0 Å². The van der Waals surface area contributed by atoms with Gasteiger partial charge in [0.15, 0.2) is 0 Å². The average Bonchev–Trinajstić information content (AvgIpc) is 2.38. The number of benzene rings is 2. The van der Waals surface area contributed by atoms with Crippen molar-refractivity contribution in [1.29, 1.82) is 0 Å². The third-order valence-electron chi connectivity index (χ3n) is 2.54. The van der Waals surface area contributed by atoms with Crippen LogP contribution in [0.2, 0.25) is 5.02 Å². The Labute approximate surface area is 123 Å². The van der Waals surface area contributed by atoms with Crippen molar-refractivity contribution in [2.24, 2.45) is 0 Å². The molecule has 3 N–H and O–H groups in total. The number of nitrogens with one attached hydrogen (secondary N) is 1. The van der Waals surface area contributed by atoms with Gasteiger partial charge in [0.05, 0.1) is 29.2 Å². The molecule has 0 unspecified atom stereocenters. The van der Waals surface area contributed by atoms with Crippen molar-refractivity contribution in [3.8, 4) is 5.75 Å². The van der Waals surface area contributed by atoms with Crippen LogP contribution in [0.4, 0.5) is 21.5 Å². The first-order chi connectivity index (χ1) is 9.01. The Bertz CT molecular complexity index is 622. The van der Waals surface area contributed by atoms with Crippen LogP contribution in [-0.2, 0) is 0 Å². The molecule has 0 aliphatic carbocycles. The highest BCUT2D eigenvalue weighted by molar-refractivity contribution is 9.10. The Morgan fingerprint density at radius 1 is 1.26 bits per heavy atom. The van der Waals surface area contributed by atoms with Crippen molar-refractivity contribution in [3.05, 3.63) is 45.6 Å². The number of nitrogens with two attached hydrogens (primary N) is 1. The molecule has 2 rings (SSSR count). The second-order valence-corrected chi connectivity index (χ2v) is 5.09. The summed E-state index contributed by atoms with van der Waals surface area (Å²) in [5.74, 6) is 0.149. The maximum absolute atomic E-state index is 13.4. The van der Waals surface area contributed by atoms with Crippen LogP contribution < -0.4 is 15.8 Å². The molecule has 0 spiro atoms. The number of hydrogen-bond donors (Lipinski definition) is 2. The summed E-state index contributed by atoms with van der Waals surface area (Å²) in [5, 5.41) is 3.03. The number of anilines is 3. The molecule has 6 heteroatoms. The lowest BCUT2D eigenvalue weighted by Crippen LogP contribution is -1.98. The first-order valence-corrected chi connectivity index (χ1v) is 6.53. The molecule has 100 valence electrons. The first kappa shape index (κ1) is 14.0. The van der Waals surface area contributed by atoms with Crippen LogP contribution in [-0.4, -0.2) is 7.11 Å². The van der Waals surface area contributed by atoms with Crippen molar-refractivity contribution in [2.45, 2.75) is 0 Å². The second kappa shape index (κ2) is 5.67.